The molecule has 0 aromatic heterocycles. The monoisotopic (exact) mass is 312 g/mol. The smallest absolute Gasteiger partial charge is 0.350 e. The van der Waals surface area contributed by atoms with Gasteiger partial charge in [0.15, 0.2) is 6.17 Å². The normalized spacial score (nSPS) is 17.9. The van der Waals surface area contributed by atoms with Gasteiger partial charge in [0.25, 0.3) is 0 Å². The Balaban J connectivity index is 4.35. The number of aliphatic hydroxyl groups is 1. The Bertz CT molecular complexity index is 275. The molecule has 122 valence electrons. The summed E-state index contributed by atoms with van der Waals surface area (Å²) in [6, 6.07) is 0. The van der Waals surface area contributed by atoms with Gasteiger partial charge in [-0.2, -0.15) is 26.3 Å². The lowest BCUT2D eigenvalue weighted by Crippen LogP contribution is -2.59. The molecule has 2 atom stereocenters. The number of hydrogen-bond donors (Lipinski definition) is 1. The Kier molecular flexibility index (Phi) is 7.27. The maximum Gasteiger partial charge on any atom is 0.454 e. The van der Waals surface area contributed by atoms with Crippen molar-refractivity contribution in [3.63, 3.8) is 0 Å². The molecule has 0 aliphatic carbocycles. The summed E-state index contributed by atoms with van der Waals surface area (Å²) in [6.07, 6.45) is -6.95. The molecule has 0 fully saturated rings. The van der Waals surface area contributed by atoms with Crippen LogP contribution in [0.4, 0.5) is 30.7 Å². The number of alkyl halides is 7. The number of hydrogen-bond acceptors (Lipinski definition) is 1. The van der Waals surface area contributed by atoms with E-state index in [1.54, 1.807) is 0 Å². The first kappa shape index (κ1) is 19.5. The van der Waals surface area contributed by atoms with Gasteiger partial charge in [0.1, 0.15) is 0 Å². The van der Waals surface area contributed by atoms with Crippen molar-refractivity contribution in [1.82, 2.24) is 0 Å². The van der Waals surface area contributed by atoms with Crippen LogP contribution in [0, 0.1) is 0 Å². The molecule has 0 heterocycles. The van der Waals surface area contributed by atoms with Crippen LogP contribution in [-0.2, 0) is 0 Å². The van der Waals surface area contributed by atoms with Crippen molar-refractivity contribution in [1.29, 1.82) is 0 Å². The van der Waals surface area contributed by atoms with Crippen LogP contribution in [-0.4, -0.2) is 29.2 Å². The molecule has 0 aromatic rings. The van der Waals surface area contributed by atoms with Crippen molar-refractivity contribution in [2.75, 3.05) is 0 Å². The highest BCUT2D eigenvalue weighted by molar-refractivity contribution is 4.95. The van der Waals surface area contributed by atoms with Crippen LogP contribution in [0.1, 0.15) is 51.9 Å². The molecule has 0 saturated heterocycles. The van der Waals surface area contributed by atoms with Crippen molar-refractivity contribution in [2.24, 2.45) is 0 Å². The lowest BCUT2D eigenvalue weighted by Gasteiger charge is -2.32. The molecule has 1 N–H and O–H groups in total. The summed E-state index contributed by atoms with van der Waals surface area (Å²) in [5.41, 5.74) is 0. The zero-order valence-corrected chi connectivity index (χ0v) is 11.1. The second-order valence-corrected chi connectivity index (χ2v) is 4.77. The predicted molar refractivity (Wildman–Crippen MR) is 59.9 cm³/mol. The van der Waals surface area contributed by atoms with Gasteiger partial charge in [-0.05, 0) is 6.42 Å². The molecule has 0 spiro atoms. The molecular weight excluding hydrogens is 293 g/mol. The van der Waals surface area contributed by atoms with Gasteiger partial charge in [-0.15, -0.1) is 0 Å². The van der Waals surface area contributed by atoms with Crippen LogP contribution in [0.25, 0.3) is 0 Å². The van der Waals surface area contributed by atoms with Gasteiger partial charge >= 0.3 is 18.0 Å². The van der Waals surface area contributed by atoms with Crippen molar-refractivity contribution in [3.8, 4) is 0 Å². The molecule has 8 heteroatoms. The maximum atomic E-state index is 13.1. The first-order chi connectivity index (χ1) is 8.98. The summed E-state index contributed by atoms with van der Waals surface area (Å²) < 4.78 is 87.7. The third-order valence-corrected chi connectivity index (χ3v) is 3.02. The maximum absolute atomic E-state index is 13.1. The quantitative estimate of drug-likeness (QED) is 0.473. The second kappa shape index (κ2) is 7.47. The summed E-state index contributed by atoms with van der Waals surface area (Å²) in [6.45, 7) is 1.96. The SMILES string of the molecule is CCCCCCCCC(F)C(F)(F)C(O)(F)C(F)(F)F. The van der Waals surface area contributed by atoms with Gasteiger partial charge in [0, 0.05) is 0 Å². The van der Waals surface area contributed by atoms with Gasteiger partial charge in [-0.25, -0.2) is 4.39 Å². The van der Waals surface area contributed by atoms with Crippen LogP contribution in [0.3, 0.4) is 0 Å². The van der Waals surface area contributed by atoms with Crippen molar-refractivity contribution in [3.05, 3.63) is 0 Å². The van der Waals surface area contributed by atoms with Gasteiger partial charge in [-0.1, -0.05) is 45.4 Å². The van der Waals surface area contributed by atoms with Crippen LogP contribution in [0.2, 0.25) is 0 Å². The topological polar surface area (TPSA) is 20.2 Å². The minimum Gasteiger partial charge on any atom is -0.350 e. The average molecular weight is 312 g/mol. The highest BCUT2D eigenvalue weighted by Crippen LogP contribution is 2.46. The Morgan fingerprint density at radius 3 is 1.75 bits per heavy atom. The van der Waals surface area contributed by atoms with E-state index in [2.05, 4.69) is 0 Å². The molecular formula is C12H19F7O. The van der Waals surface area contributed by atoms with E-state index in [4.69, 9.17) is 5.11 Å². The third kappa shape index (κ3) is 4.79. The van der Waals surface area contributed by atoms with E-state index >= 15 is 0 Å². The van der Waals surface area contributed by atoms with E-state index in [1.807, 2.05) is 6.92 Å². The van der Waals surface area contributed by atoms with Crippen molar-refractivity contribution in [2.45, 2.75) is 76.0 Å². The zero-order chi connectivity index (χ0) is 16.0. The van der Waals surface area contributed by atoms with Crippen molar-refractivity contribution >= 4 is 0 Å². The second-order valence-electron chi connectivity index (χ2n) is 4.77. The lowest BCUT2D eigenvalue weighted by atomic mass is 9.99. The van der Waals surface area contributed by atoms with E-state index in [9.17, 15) is 30.7 Å². The molecule has 1 nitrogen and oxygen atoms in total. The first-order valence-corrected chi connectivity index (χ1v) is 6.48. The minimum atomic E-state index is -6.25. The number of rotatable bonds is 9. The van der Waals surface area contributed by atoms with E-state index < -0.39 is 30.5 Å². The summed E-state index contributed by atoms with van der Waals surface area (Å²) in [5, 5.41) is 8.24. The van der Waals surface area contributed by atoms with Crippen LogP contribution >= 0.6 is 0 Å². The predicted octanol–water partition coefficient (Wildman–Crippen LogP) is 4.93. The third-order valence-electron chi connectivity index (χ3n) is 3.02. The molecule has 0 aliphatic rings. The lowest BCUT2D eigenvalue weighted by molar-refractivity contribution is -0.395. The summed E-state index contributed by atoms with van der Waals surface area (Å²) in [7, 11) is 0. The highest BCUT2D eigenvalue weighted by Gasteiger charge is 2.73. The number of unbranched alkanes of at least 4 members (excludes halogenated alkanes) is 5. The van der Waals surface area contributed by atoms with Crippen LogP contribution in [0.5, 0.6) is 0 Å². The van der Waals surface area contributed by atoms with Crippen LogP contribution < -0.4 is 0 Å². The Morgan fingerprint density at radius 2 is 1.30 bits per heavy atom. The molecule has 20 heavy (non-hydrogen) atoms. The van der Waals surface area contributed by atoms with Gasteiger partial charge in [0.2, 0.25) is 0 Å². The Labute approximate surface area is 113 Å². The molecule has 0 radical (unpaired) electrons. The van der Waals surface area contributed by atoms with Crippen molar-refractivity contribution < 1.29 is 35.8 Å². The van der Waals surface area contributed by atoms with Gasteiger partial charge in [0.05, 0.1) is 0 Å². The summed E-state index contributed by atoms with van der Waals surface area (Å²) in [4.78, 5) is 0. The molecule has 0 aliphatic heterocycles. The summed E-state index contributed by atoms with van der Waals surface area (Å²) >= 11 is 0. The fourth-order valence-electron chi connectivity index (χ4n) is 1.68. The molecule has 0 rings (SSSR count). The van der Waals surface area contributed by atoms with E-state index in [1.165, 1.54) is 0 Å². The molecule has 0 aromatic carbocycles. The van der Waals surface area contributed by atoms with E-state index in [0.717, 1.165) is 19.3 Å². The van der Waals surface area contributed by atoms with Crippen LogP contribution in [0.15, 0.2) is 0 Å². The van der Waals surface area contributed by atoms with Gasteiger partial charge < -0.3 is 5.11 Å². The van der Waals surface area contributed by atoms with E-state index in [0.29, 0.717) is 12.8 Å². The van der Waals surface area contributed by atoms with E-state index in [-0.39, 0.29) is 6.42 Å². The fourth-order valence-corrected chi connectivity index (χ4v) is 1.68. The Hall–Kier alpha value is -0.530. The standard InChI is InChI=1S/C12H19F7O/c1-2-3-4-5-6-7-8-9(13)10(14,15)11(16,20)12(17,18)19/h9,20H,2-8H2,1H3. The largest absolute Gasteiger partial charge is 0.454 e. The average Bonchev–Trinajstić information content (AvgIpc) is 2.31. The molecule has 2 unspecified atom stereocenters. The highest BCUT2D eigenvalue weighted by atomic mass is 19.4. The molecule has 0 saturated carbocycles. The minimum absolute atomic E-state index is 0.0889. The summed E-state index contributed by atoms with van der Waals surface area (Å²) in [5.74, 6) is -11.4. The fraction of sp³-hybridized carbons (Fsp3) is 1.00. The van der Waals surface area contributed by atoms with Gasteiger partial charge in [-0.3, -0.25) is 0 Å². The Morgan fingerprint density at radius 1 is 0.850 bits per heavy atom. The zero-order valence-electron chi connectivity index (χ0n) is 11.1. The molecule has 0 bridgehead atoms. The first-order valence-electron chi connectivity index (χ1n) is 6.48. The molecule has 0 amide bonds. The number of halogens is 7.